The van der Waals surface area contributed by atoms with Gasteiger partial charge in [-0.1, -0.05) is 23.7 Å². The Hall–Kier alpha value is -1.76. The highest BCUT2D eigenvalue weighted by atomic mass is 35.5. The van der Waals surface area contributed by atoms with Gasteiger partial charge in [0.25, 0.3) is 5.91 Å². The van der Waals surface area contributed by atoms with Crippen molar-refractivity contribution in [1.82, 2.24) is 19.6 Å². The maximum atomic E-state index is 12.8. The summed E-state index contributed by atoms with van der Waals surface area (Å²) in [6, 6.07) is 9.49. The number of aromatic nitrogens is 2. The molecule has 1 aliphatic carbocycles. The molecular weight excluding hydrogens is 399 g/mol. The Morgan fingerprint density at radius 3 is 2.61 bits per heavy atom. The van der Waals surface area contributed by atoms with Crippen LogP contribution in [-0.2, 0) is 7.05 Å². The summed E-state index contributed by atoms with van der Waals surface area (Å²) in [4.78, 5) is 17.1. The fraction of sp³-hybridized carbons (Fsp3) is 0.500. The second-order valence-electron chi connectivity index (χ2n) is 7.27. The summed E-state index contributed by atoms with van der Waals surface area (Å²) < 4.78 is 7.50. The first-order valence-corrected chi connectivity index (χ1v) is 9.92. The van der Waals surface area contributed by atoms with Crippen molar-refractivity contribution in [3.63, 3.8) is 0 Å². The Labute approximate surface area is 176 Å². The van der Waals surface area contributed by atoms with Gasteiger partial charge in [-0.2, -0.15) is 5.10 Å². The quantitative estimate of drug-likeness (QED) is 0.714. The average Bonchev–Trinajstić information content (AvgIpc) is 3.46. The van der Waals surface area contributed by atoms with Crippen LogP contribution >= 0.6 is 24.0 Å². The number of hydrogen-bond acceptors (Lipinski definition) is 4. The van der Waals surface area contributed by atoms with Gasteiger partial charge >= 0.3 is 0 Å². The molecule has 0 bridgehead atoms. The number of piperazine rings is 1. The monoisotopic (exact) mass is 424 g/mol. The highest BCUT2D eigenvalue weighted by Gasteiger charge is 2.30. The van der Waals surface area contributed by atoms with Crippen LogP contribution < -0.4 is 4.74 Å². The van der Waals surface area contributed by atoms with E-state index in [0.29, 0.717) is 23.2 Å². The maximum Gasteiger partial charge on any atom is 0.272 e. The molecule has 4 rings (SSSR count). The zero-order chi connectivity index (χ0) is 18.8. The van der Waals surface area contributed by atoms with Crippen LogP contribution in [0.3, 0.4) is 0 Å². The van der Waals surface area contributed by atoms with Crippen LogP contribution in [0.2, 0.25) is 5.02 Å². The molecule has 6 nitrogen and oxygen atoms in total. The van der Waals surface area contributed by atoms with Gasteiger partial charge in [-0.3, -0.25) is 14.4 Å². The average molecular weight is 425 g/mol. The molecule has 2 heterocycles. The summed E-state index contributed by atoms with van der Waals surface area (Å²) in [5.74, 6) is 1.37. The summed E-state index contributed by atoms with van der Waals surface area (Å²) in [5.41, 5.74) is 1.77. The van der Waals surface area contributed by atoms with E-state index in [1.165, 1.54) is 12.8 Å². The molecule has 28 heavy (non-hydrogen) atoms. The molecule has 1 saturated carbocycles. The minimum Gasteiger partial charge on any atom is -0.491 e. The Morgan fingerprint density at radius 2 is 1.93 bits per heavy atom. The van der Waals surface area contributed by atoms with Crippen LogP contribution in [0.15, 0.2) is 30.3 Å². The second kappa shape index (κ2) is 9.16. The topological polar surface area (TPSA) is 50.6 Å². The number of para-hydroxylation sites is 1. The molecule has 1 aliphatic heterocycles. The number of ether oxygens (including phenoxy) is 1. The summed E-state index contributed by atoms with van der Waals surface area (Å²) in [6.07, 6.45) is 2.39. The number of aryl methyl sites for hydroxylation is 1. The van der Waals surface area contributed by atoms with Crippen molar-refractivity contribution in [1.29, 1.82) is 0 Å². The van der Waals surface area contributed by atoms with E-state index in [2.05, 4.69) is 10.00 Å². The lowest BCUT2D eigenvalue weighted by molar-refractivity contribution is 0.0610. The summed E-state index contributed by atoms with van der Waals surface area (Å²) in [6.45, 7) is 4.58. The molecule has 2 aliphatic rings. The van der Waals surface area contributed by atoms with E-state index in [4.69, 9.17) is 16.3 Å². The van der Waals surface area contributed by atoms with E-state index in [1.54, 1.807) is 4.68 Å². The molecule has 8 heteroatoms. The smallest absolute Gasteiger partial charge is 0.272 e. The van der Waals surface area contributed by atoms with Gasteiger partial charge in [-0.15, -0.1) is 12.4 Å². The predicted molar refractivity (Wildman–Crippen MR) is 112 cm³/mol. The van der Waals surface area contributed by atoms with Crippen molar-refractivity contribution < 1.29 is 9.53 Å². The second-order valence-corrected chi connectivity index (χ2v) is 7.67. The van der Waals surface area contributed by atoms with E-state index in [1.807, 2.05) is 42.3 Å². The number of halogens is 2. The number of amides is 1. The lowest BCUT2D eigenvalue weighted by Crippen LogP contribution is -2.49. The Bertz CT molecular complexity index is 814. The van der Waals surface area contributed by atoms with E-state index in [0.717, 1.165) is 44.2 Å². The van der Waals surface area contributed by atoms with Crippen LogP contribution in [0, 0.1) is 0 Å². The van der Waals surface area contributed by atoms with E-state index in [-0.39, 0.29) is 18.3 Å². The van der Waals surface area contributed by atoms with Gasteiger partial charge in [0.1, 0.15) is 18.1 Å². The molecule has 1 amide bonds. The maximum absolute atomic E-state index is 12.8. The highest BCUT2D eigenvalue weighted by Crippen LogP contribution is 2.39. The number of rotatable bonds is 6. The molecule has 2 fully saturated rings. The fourth-order valence-corrected chi connectivity index (χ4v) is 3.64. The predicted octanol–water partition coefficient (Wildman–Crippen LogP) is 3.21. The number of carbonyl (C=O) groups is 1. The Kier molecular flexibility index (Phi) is 6.86. The molecule has 2 aromatic rings. The van der Waals surface area contributed by atoms with E-state index >= 15 is 0 Å². The Morgan fingerprint density at radius 1 is 1.21 bits per heavy atom. The van der Waals surface area contributed by atoms with Gasteiger partial charge < -0.3 is 9.64 Å². The molecule has 0 atom stereocenters. The first-order valence-electron chi connectivity index (χ1n) is 9.54. The standard InChI is InChI=1S/C20H25ClN4O2.ClH/c1-23-18(14-17(22-23)15-6-7-15)20(26)25-10-8-24(9-11-25)12-13-27-19-5-3-2-4-16(19)21;/h2-5,14-15H,6-13H2,1H3;1H. The molecule has 0 spiro atoms. The zero-order valence-corrected chi connectivity index (χ0v) is 17.6. The molecule has 1 aromatic carbocycles. The van der Waals surface area contributed by atoms with Crippen molar-refractivity contribution in [2.24, 2.45) is 7.05 Å². The number of nitrogens with zero attached hydrogens (tertiary/aromatic N) is 4. The first kappa shape index (κ1) is 21.0. The van der Waals surface area contributed by atoms with Crippen LogP contribution in [-0.4, -0.2) is 64.8 Å². The minimum absolute atomic E-state index is 0. The van der Waals surface area contributed by atoms with Crippen molar-refractivity contribution in [3.8, 4) is 5.75 Å². The number of benzene rings is 1. The van der Waals surface area contributed by atoms with Gasteiger partial charge in [0.05, 0.1) is 10.7 Å². The summed E-state index contributed by atoms with van der Waals surface area (Å²) >= 11 is 6.11. The van der Waals surface area contributed by atoms with Crippen LogP contribution in [0.4, 0.5) is 0 Å². The van der Waals surface area contributed by atoms with Crippen LogP contribution in [0.25, 0.3) is 0 Å². The molecule has 0 radical (unpaired) electrons. The third-order valence-corrected chi connectivity index (χ3v) is 5.59. The molecule has 0 unspecified atom stereocenters. The fourth-order valence-electron chi connectivity index (χ4n) is 3.45. The van der Waals surface area contributed by atoms with Crippen molar-refractivity contribution in [3.05, 3.63) is 46.7 Å². The summed E-state index contributed by atoms with van der Waals surface area (Å²) in [5, 5.41) is 5.15. The first-order chi connectivity index (χ1) is 13.1. The van der Waals surface area contributed by atoms with Gasteiger partial charge in [0.15, 0.2) is 0 Å². The molecule has 152 valence electrons. The molecular formula is C20H26Cl2N4O2. The molecule has 1 aromatic heterocycles. The van der Waals surface area contributed by atoms with Crippen molar-refractivity contribution >= 4 is 29.9 Å². The minimum atomic E-state index is 0. The highest BCUT2D eigenvalue weighted by molar-refractivity contribution is 6.32. The zero-order valence-electron chi connectivity index (χ0n) is 16.0. The molecule has 0 N–H and O–H groups in total. The number of hydrogen-bond donors (Lipinski definition) is 0. The van der Waals surface area contributed by atoms with E-state index in [9.17, 15) is 4.79 Å². The molecule has 1 saturated heterocycles. The van der Waals surface area contributed by atoms with Crippen molar-refractivity contribution in [2.75, 3.05) is 39.3 Å². The van der Waals surface area contributed by atoms with Crippen LogP contribution in [0.5, 0.6) is 5.75 Å². The number of carbonyl (C=O) groups excluding carboxylic acids is 1. The SMILES string of the molecule is Cl.Cn1nc(C2CC2)cc1C(=O)N1CCN(CCOc2ccccc2Cl)CC1. The third-order valence-electron chi connectivity index (χ3n) is 5.27. The summed E-state index contributed by atoms with van der Waals surface area (Å²) in [7, 11) is 1.86. The van der Waals surface area contributed by atoms with Gasteiger partial charge in [0, 0.05) is 45.7 Å². The van der Waals surface area contributed by atoms with Crippen molar-refractivity contribution in [2.45, 2.75) is 18.8 Å². The van der Waals surface area contributed by atoms with Gasteiger partial charge in [-0.25, -0.2) is 0 Å². The van der Waals surface area contributed by atoms with Gasteiger partial charge in [-0.05, 0) is 31.0 Å². The van der Waals surface area contributed by atoms with Gasteiger partial charge in [0.2, 0.25) is 0 Å². The Balaban J connectivity index is 0.00000225. The lowest BCUT2D eigenvalue weighted by atomic mass is 10.2. The van der Waals surface area contributed by atoms with E-state index < -0.39 is 0 Å². The third kappa shape index (κ3) is 4.80. The largest absolute Gasteiger partial charge is 0.491 e. The van der Waals surface area contributed by atoms with Crippen LogP contribution in [0.1, 0.15) is 34.9 Å². The normalized spacial score (nSPS) is 17.3. The lowest BCUT2D eigenvalue weighted by Gasteiger charge is -2.34.